The Morgan fingerprint density at radius 3 is 1.16 bits per heavy atom. The van der Waals surface area contributed by atoms with E-state index in [0.717, 1.165) is 10.8 Å². The molecule has 0 radical (unpaired) electrons. The van der Waals surface area contributed by atoms with Gasteiger partial charge in [0.1, 0.15) is 46.1 Å². The van der Waals surface area contributed by atoms with Crippen LogP contribution in [0.3, 0.4) is 0 Å². The number of hydrogen-bond acceptors (Lipinski definition) is 4. The fourth-order valence-electron chi connectivity index (χ4n) is 4.50. The van der Waals surface area contributed by atoms with E-state index in [1.165, 1.54) is 48.5 Å². The molecule has 6 heteroatoms. The molecule has 0 saturated carbocycles. The highest BCUT2D eigenvalue weighted by molar-refractivity contribution is 6.10. The highest BCUT2D eigenvalue weighted by Crippen LogP contribution is 2.46. The molecule has 0 amide bonds. The van der Waals surface area contributed by atoms with Gasteiger partial charge in [-0.2, -0.15) is 0 Å². The summed E-state index contributed by atoms with van der Waals surface area (Å²) in [5.41, 5.74) is 0.850. The molecule has 0 aliphatic rings. The van der Waals surface area contributed by atoms with E-state index < -0.39 is 0 Å². The highest BCUT2D eigenvalue weighted by Gasteiger charge is 2.18. The molecule has 0 unspecified atom stereocenters. The zero-order valence-electron chi connectivity index (χ0n) is 19.9. The number of benzene rings is 6. The van der Waals surface area contributed by atoms with E-state index >= 15 is 0 Å². The molecule has 0 atom stereocenters. The number of halogens is 2. The summed E-state index contributed by atoms with van der Waals surface area (Å²) in [6, 6.07) is 28.9. The average molecular weight is 507 g/mol. The fraction of sp³-hybridized carbons (Fsp3) is 0. The molecular weight excluding hydrogens is 486 g/mol. The fourth-order valence-corrected chi connectivity index (χ4v) is 4.50. The summed E-state index contributed by atoms with van der Waals surface area (Å²) in [5, 5.41) is 25.0. The highest BCUT2D eigenvalue weighted by atomic mass is 19.1. The summed E-state index contributed by atoms with van der Waals surface area (Å²) in [4.78, 5) is 0. The van der Waals surface area contributed by atoms with E-state index in [2.05, 4.69) is 0 Å². The third-order valence-electron chi connectivity index (χ3n) is 6.29. The van der Waals surface area contributed by atoms with Crippen molar-refractivity contribution in [3.63, 3.8) is 0 Å². The number of rotatable bonds is 5. The van der Waals surface area contributed by atoms with Gasteiger partial charge in [-0.15, -0.1) is 0 Å². The first-order valence-electron chi connectivity index (χ1n) is 11.8. The summed E-state index contributed by atoms with van der Waals surface area (Å²) in [5.74, 6) is 1.11. The Bertz CT molecular complexity index is 1660. The standard InChI is InChI=1S/C32H20F2O4/c33-21-5-11-23(12-6-21)37-25-9-1-19-3-15-29(35)31(27(19)17-25)32-28-18-26(10-2-20(28)4-16-30(32)36)38-24-13-7-22(34)8-14-24/h1-18,35-36H. The second-order valence-corrected chi connectivity index (χ2v) is 8.80. The second-order valence-electron chi connectivity index (χ2n) is 8.80. The van der Waals surface area contributed by atoms with Crippen LogP contribution in [0.2, 0.25) is 0 Å². The smallest absolute Gasteiger partial charge is 0.128 e. The molecule has 0 aliphatic carbocycles. The zero-order valence-corrected chi connectivity index (χ0v) is 19.9. The van der Waals surface area contributed by atoms with Crippen LogP contribution in [-0.2, 0) is 0 Å². The van der Waals surface area contributed by atoms with Gasteiger partial charge in [-0.1, -0.05) is 24.3 Å². The Morgan fingerprint density at radius 2 is 0.763 bits per heavy atom. The molecule has 6 aromatic carbocycles. The van der Waals surface area contributed by atoms with Gasteiger partial charge in [0.2, 0.25) is 0 Å². The molecule has 2 N–H and O–H groups in total. The molecule has 6 rings (SSSR count). The van der Waals surface area contributed by atoms with Crippen molar-refractivity contribution < 1.29 is 28.5 Å². The summed E-state index contributed by atoms with van der Waals surface area (Å²) in [7, 11) is 0. The summed E-state index contributed by atoms with van der Waals surface area (Å²) >= 11 is 0. The zero-order chi connectivity index (χ0) is 26.2. The van der Waals surface area contributed by atoms with Gasteiger partial charge in [-0.25, -0.2) is 8.78 Å². The maximum absolute atomic E-state index is 13.3. The minimum Gasteiger partial charge on any atom is -0.507 e. The van der Waals surface area contributed by atoms with Crippen molar-refractivity contribution in [3.05, 3.63) is 121 Å². The van der Waals surface area contributed by atoms with Gasteiger partial charge in [0.15, 0.2) is 0 Å². The predicted molar refractivity (Wildman–Crippen MR) is 143 cm³/mol. The first-order chi connectivity index (χ1) is 18.4. The second kappa shape index (κ2) is 9.41. The van der Waals surface area contributed by atoms with Crippen LogP contribution in [0.4, 0.5) is 8.78 Å². The lowest BCUT2D eigenvalue weighted by molar-refractivity contribution is 0.470. The van der Waals surface area contributed by atoms with Gasteiger partial charge in [0.25, 0.3) is 0 Å². The molecule has 186 valence electrons. The van der Waals surface area contributed by atoms with Crippen molar-refractivity contribution in [3.8, 4) is 45.6 Å². The van der Waals surface area contributed by atoms with Gasteiger partial charge in [0, 0.05) is 11.1 Å². The van der Waals surface area contributed by atoms with Crippen LogP contribution in [0.25, 0.3) is 32.7 Å². The topological polar surface area (TPSA) is 58.9 Å². The Morgan fingerprint density at radius 1 is 0.421 bits per heavy atom. The lowest BCUT2D eigenvalue weighted by Crippen LogP contribution is -1.90. The summed E-state index contributed by atoms with van der Waals surface area (Å²) in [6.45, 7) is 0. The first kappa shape index (κ1) is 23.3. The number of phenolic OH excluding ortho intramolecular Hbond substituents is 2. The Labute approximate surface area is 216 Å². The van der Waals surface area contributed by atoms with Gasteiger partial charge in [-0.05, 0) is 106 Å². The largest absolute Gasteiger partial charge is 0.507 e. The Hall–Kier alpha value is -5.10. The monoisotopic (exact) mass is 506 g/mol. The van der Waals surface area contributed by atoms with Crippen molar-refractivity contribution >= 4 is 21.5 Å². The van der Waals surface area contributed by atoms with Gasteiger partial charge < -0.3 is 19.7 Å². The summed E-state index contributed by atoms with van der Waals surface area (Å²) < 4.78 is 38.5. The van der Waals surface area contributed by atoms with Gasteiger partial charge >= 0.3 is 0 Å². The number of hydrogen-bond donors (Lipinski definition) is 2. The Kier molecular flexibility index (Phi) is 5.77. The molecule has 6 aromatic rings. The SMILES string of the molecule is Oc1ccc2ccc(Oc3ccc(F)cc3)cc2c1-c1c(O)ccc2ccc(Oc3ccc(F)cc3)cc12. The van der Waals surface area contributed by atoms with E-state index in [4.69, 9.17) is 9.47 Å². The molecule has 0 fully saturated rings. The van der Waals surface area contributed by atoms with Crippen LogP contribution >= 0.6 is 0 Å². The molecule has 0 aliphatic heterocycles. The molecule has 0 aromatic heterocycles. The van der Waals surface area contributed by atoms with Crippen LogP contribution in [0.1, 0.15) is 0 Å². The van der Waals surface area contributed by atoms with Gasteiger partial charge in [0.05, 0.1) is 0 Å². The van der Waals surface area contributed by atoms with Crippen molar-refractivity contribution in [2.75, 3.05) is 0 Å². The van der Waals surface area contributed by atoms with E-state index in [-0.39, 0.29) is 23.1 Å². The predicted octanol–water partition coefficient (Wildman–Crippen LogP) is 8.93. The molecule has 0 bridgehead atoms. The van der Waals surface area contributed by atoms with Crippen LogP contribution < -0.4 is 9.47 Å². The van der Waals surface area contributed by atoms with E-state index in [1.807, 2.05) is 12.1 Å². The number of aromatic hydroxyl groups is 2. The molecule has 0 spiro atoms. The van der Waals surface area contributed by atoms with E-state index in [1.54, 1.807) is 48.5 Å². The minimum absolute atomic E-state index is 0.0240. The van der Waals surface area contributed by atoms with E-state index in [9.17, 15) is 19.0 Å². The molecule has 0 heterocycles. The number of fused-ring (bicyclic) bond motifs is 2. The lowest BCUT2D eigenvalue weighted by atomic mass is 9.92. The maximum Gasteiger partial charge on any atom is 0.128 e. The average Bonchev–Trinajstić information content (AvgIpc) is 2.92. The molecule has 38 heavy (non-hydrogen) atoms. The van der Waals surface area contributed by atoms with Crippen LogP contribution in [0, 0.1) is 11.6 Å². The number of phenols is 2. The maximum atomic E-state index is 13.3. The van der Waals surface area contributed by atoms with E-state index in [0.29, 0.717) is 44.9 Å². The third kappa shape index (κ3) is 4.44. The normalized spacial score (nSPS) is 11.1. The van der Waals surface area contributed by atoms with Crippen molar-refractivity contribution in [2.24, 2.45) is 0 Å². The van der Waals surface area contributed by atoms with Crippen molar-refractivity contribution in [1.82, 2.24) is 0 Å². The lowest BCUT2D eigenvalue weighted by Gasteiger charge is -2.16. The van der Waals surface area contributed by atoms with Crippen molar-refractivity contribution in [1.29, 1.82) is 0 Å². The summed E-state index contributed by atoms with van der Waals surface area (Å²) in [6.07, 6.45) is 0. The first-order valence-corrected chi connectivity index (χ1v) is 11.8. The van der Waals surface area contributed by atoms with Crippen LogP contribution in [0.15, 0.2) is 109 Å². The van der Waals surface area contributed by atoms with Gasteiger partial charge in [-0.3, -0.25) is 0 Å². The van der Waals surface area contributed by atoms with Crippen LogP contribution in [-0.4, -0.2) is 10.2 Å². The minimum atomic E-state index is -0.364. The number of ether oxygens (including phenoxy) is 2. The molecule has 0 saturated heterocycles. The Balaban J connectivity index is 1.50. The van der Waals surface area contributed by atoms with Crippen molar-refractivity contribution in [2.45, 2.75) is 0 Å². The molecule has 4 nitrogen and oxygen atoms in total. The third-order valence-corrected chi connectivity index (χ3v) is 6.29. The quantitative estimate of drug-likeness (QED) is 0.245. The van der Waals surface area contributed by atoms with Crippen LogP contribution in [0.5, 0.6) is 34.5 Å². The molecular formula is C32H20F2O4.